The first-order valence-electron chi connectivity index (χ1n) is 16.8. The summed E-state index contributed by atoms with van der Waals surface area (Å²) in [4.78, 5) is 54.9. The number of rotatable bonds is 18. The number of nitrogens with one attached hydrogen (secondary N) is 2. The average molecular weight is 635 g/mol. The Labute approximate surface area is 273 Å². The molecule has 0 radical (unpaired) electrons. The Morgan fingerprint density at radius 3 is 1.37 bits per heavy atom. The molecule has 10 nitrogen and oxygen atoms in total. The number of ether oxygens (including phenoxy) is 2. The molecule has 0 heterocycles. The van der Waals surface area contributed by atoms with Gasteiger partial charge in [0, 0.05) is 35.6 Å². The number of nitrogens with zero attached hydrogens (tertiary/aromatic N) is 2. The number of aryl methyl sites for hydroxylation is 2. The second-order valence-electron chi connectivity index (χ2n) is 12.6. The number of esters is 2. The summed E-state index contributed by atoms with van der Waals surface area (Å²) in [6, 6.07) is 11.3. The van der Waals surface area contributed by atoms with Gasteiger partial charge in [0.2, 0.25) is 12.8 Å². The first-order chi connectivity index (χ1) is 22.3. The minimum absolute atomic E-state index is 0.431. The second kappa shape index (κ2) is 16.2. The molecule has 2 N–H and O–H groups in total. The monoisotopic (exact) mass is 634 g/mol. The van der Waals surface area contributed by atoms with E-state index in [1.807, 2.05) is 36.4 Å². The van der Waals surface area contributed by atoms with Crippen molar-refractivity contribution in [2.24, 2.45) is 0 Å². The van der Waals surface area contributed by atoms with Gasteiger partial charge >= 0.3 is 11.9 Å². The highest BCUT2D eigenvalue weighted by molar-refractivity contribution is 6.30. The standard InChI is InChI=1S/C36H50N4O6/c1-5-17-39(18-6-2)23-35(15-13-27-9-11-29(37-25-41)21-31(27)35)45-33(43)34(44)46-36(24-40(19-7-3)20-8-4)16-14-28-10-12-30(38-26-42)22-32(28)36/h9-12,21-22,25-26H,5-8,13-20,23-24H2,1-4H3,(H,37,41)(H,38,42). The van der Waals surface area contributed by atoms with Crippen LogP contribution in [0.2, 0.25) is 0 Å². The summed E-state index contributed by atoms with van der Waals surface area (Å²) >= 11 is 0. The van der Waals surface area contributed by atoms with Crippen molar-refractivity contribution in [3.05, 3.63) is 58.7 Å². The molecule has 0 aromatic heterocycles. The van der Waals surface area contributed by atoms with E-state index in [0.717, 1.165) is 74.1 Å². The van der Waals surface area contributed by atoms with E-state index >= 15 is 0 Å². The average Bonchev–Trinajstić information content (AvgIpc) is 3.55. The zero-order chi connectivity index (χ0) is 33.2. The van der Waals surface area contributed by atoms with Gasteiger partial charge in [-0.3, -0.25) is 19.4 Å². The summed E-state index contributed by atoms with van der Waals surface area (Å²) < 4.78 is 12.6. The maximum Gasteiger partial charge on any atom is 0.418 e. The number of amides is 2. The molecular weight excluding hydrogens is 584 g/mol. The quantitative estimate of drug-likeness (QED) is 0.132. The fraction of sp³-hybridized carbons (Fsp3) is 0.556. The van der Waals surface area contributed by atoms with Gasteiger partial charge in [-0.1, -0.05) is 39.8 Å². The third-order valence-electron chi connectivity index (χ3n) is 9.11. The molecule has 0 saturated heterocycles. The number of fused-ring (bicyclic) bond motifs is 2. The summed E-state index contributed by atoms with van der Waals surface area (Å²) in [5.41, 5.74) is 2.71. The maximum absolute atomic E-state index is 13.9. The van der Waals surface area contributed by atoms with Crippen LogP contribution in [0.25, 0.3) is 0 Å². The Morgan fingerprint density at radius 2 is 1.04 bits per heavy atom. The van der Waals surface area contributed by atoms with Gasteiger partial charge in [0.05, 0.1) is 0 Å². The summed E-state index contributed by atoms with van der Waals surface area (Å²) in [5.74, 6) is -2.05. The lowest BCUT2D eigenvalue weighted by atomic mass is 9.93. The van der Waals surface area contributed by atoms with Crippen LogP contribution in [0.15, 0.2) is 36.4 Å². The number of carbonyl (C=O) groups excluding carboxylic acids is 4. The Balaban J connectivity index is 1.69. The third-order valence-corrected chi connectivity index (χ3v) is 9.11. The number of anilines is 2. The molecular formula is C36H50N4O6. The Morgan fingerprint density at radius 1 is 0.674 bits per heavy atom. The van der Waals surface area contributed by atoms with Crippen LogP contribution >= 0.6 is 0 Å². The van der Waals surface area contributed by atoms with Gasteiger partial charge in [-0.15, -0.1) is 0 Å². The zero-order valence-corrected chi connectivity index (χ0v) is 27.9. The van der Waals surface area contributed by atoms with E-state index in [2.05, 4.69) is 48.1 Å². The number of carbonyl (C=O) groups is 4. The molecule has 0 aliphatic heterocycles. The van der Waals surface area contributed by atoms with Gasteiger partial charge in [0.15, 0.2) is 11.2 Å². The summed E-state index contributed by atoms with van der Waals surface area (Å²) in [6.07, 6.45) is 7.36. The van der Waals surface area contributed by atoms with Gasteiger partial charge in [0.1, 0.15) is 0 Å². The lowest BCUT2D eigenvalue weighted by Gasteiger charge is -2.37. The SMILES string of the molecule is CCCN(CCC)CC1(OC(=O)C(=O)OC2(CN(CCC)CCC)CCc3ccc(NC=O)cc32)CCc2ccc(NC=O)cc21. The van der Waals surface area contributed by atoms with Gasteiger partial charge in [-0.2, -0.15) is 0 Å². The van der Waals surface area contributed by atoms with Gasteiger partial charge in [0.25, 0.3) is 0 Å². The van der Waals surface area contributed by atoms with Crippen LogP contribution in [0, 0.1) is 0 Å². The van der Waals surface area contributed by atoms with Crippen molar-refractivity contribution in [2.75, 3.05) is 49.9 Å². The first-order valence-corrected chi connectivity index (χ1v) is 16.8. The molecule has 0 spiro atoms. The molecule has 2 atom stereocenters. The molecule has 2 amide bonds. The van der Waals surface area contributed by atoms with Crippen LogP contribution < -0.4 is 10.6 Å². The van der Waals surface area contributed by atoms with Crippen LogP contribution in [-0.2, 0) is 52.7 Å². The Hall–Kier alpha value is -3.76. The minimum Gasteiger partial charge on any atom is -0.444 e. The highest BCUT2D eigenvalue weighted by atomic mass is 16.6. The summed E-state index contributed by atoms with van der Waals surface area (Å²) in [7, 11) is 0. The maximum atomic E-state index is 13.9. The van der Waals surface area contributed by atoms with E-state index in [1.165, 1.54) is 0 Å². The van der Waals surface area contributed by atoms with Gasteiger partial charge in [-0.25, -0.2) is 9.59 Å². The van der Waals surface area contributed by atoms with Gasteiger partial charge in [-0.05, 0) is 113 Å². The molecule has 2 aromatic carbocycles. The normalized spacial score (nSPS) is 19.9. The highest BCUT2D eigenvalue weighted by Crippen LogP contribution is 2.44. The van der Waals surface area contributed by atoms with E-state index in [0.29, 0.717) is 63.0 Å². The molecule has 250 valence electrons. The first kappa shape index (κ1) is 35.1. The molecule has 0 bridgehead atoms. The predicted octanol–water partition coefficient (Wildman–Crippen LogP) is 5.14. The van der Waals surface area contributed by atoms with E-state index in [1.54, 1.807) is 0 Å². The van der Waals surface area contributed by atoms with Crippen molar-refractivity contribution in [1.29, 1.82) is 0 Å². The Bertz CT molecular complexity index is 1270. The van der Waals surface area contributed by atoms with Crippen LogP contribution in [0.3, 0.4) is 0 Å². The van der Waals surface area contributed by atoms with Crippen molar-refractivity contribution in [3.8, 4) is 0 Å². The zero-order valence-electron chi connectivity index (χ0n) is 27.9. The topological polar surface area (TPSA) is 117 Å². The van der Waals surface area contributed by atoms with Crippen LogP contribution in [0.5, 0.6) is 0 Å². The van der Waals surface area contributed by atoms with Crippen LogP contribution in [0.4, 0.5) is 11.4 Å². The molecule has 2 aromatic rings. The van der Waals surface area contributed by atoms with E-state index in [9.17, 15) is 19.2 Å². The van der Waals surface area contributed by atoms with Crippen LogP contribution in [-0.4, -0.2) is 73.8 Å². The lowest BCUT2D eigenvalue weighted by molar-refractivity contribution is -0.190. The summed E-state index contributed by atoms with van der Waals surface area (Å²) in [5, 5.41) is 5.42. The molecule has 4 rings (SSSR count). The number of hydrogen-bond donors (Lipinski definition) is 2. The molecule has 46 heavy (non-hydrogen) atoms. The molecule has 2 unspecified atom stereocenters. The largest absolute Gasteiger partial charge is 0.444 e. The van der Waals surface area contributed by atoms with Crippen molar-refractivity contribution in [1.82, 2.24) is 9.80 Å². The van der Waals surface area contributed by atoms with E-state index in [-0.39, 0.29) is 0 Å². The predicted molar refractivity (Wildman–Crippen MR) is 178 cm³/mol. The molecule has 0 fully saturated rings. The molecule has 0 saturated carbocycles. The molecule has 10 heteroatoms. The number of benzene rings is 2. The smallest absolute Gasteiger partial charge is 0.418 e. The Kier molecular flexibility index (Phi) is 12.3. The van der Waals surface area contributed by atoms with Gasteiger partial charge < -0.3 is 20.1 Å². The summed E-state index contributed by atoms with van der Waals surface area (Å²) in [6.45, 7) is 12.6. The lowest BCUT2D eigenvalue weighted by Crippen LogP contribution is -2.47. The number of hydrogen-bond acceptors (Lipinski definition) is 8. The fourth-order valence-electron chi connectivity index (χ4n) is 7.27. The van der Waals surface area contributed by atoms with Crippen LogP contribution in [0.1, 0.15) is 88.5 Å². The molecule has 2 aliphatic rings. The van der Waals surface area contributed by atoms with E-state index in [4.69, 9.17) is 9.47 Å². The van der Waals surface area contributed by atoms with Crippen molar-refractivity contribution < 1.29 is 28.7 Å². The van der Waals surface area contributed by atoms with Crippen molar-refractivity contribution >= 4 is 36.1 Å². The second-order valence-corrected chi connectivity index (χ2v) is 12.6. The van der Waals surface area contributed by atoms with E-state index < -0.39 is 23.1 Å². The van der Waals surface area contributed by atoms with Crippen molar-refractivity contribution in [2.45, 2.75) is 90.3 Å². The third kappa shape index (κ3) is 7.96. The minimum atomic E-state index is -1.07. The highest BCUT2D eigenvalue weighted by Gasteiger charge is 2.48. The fourth-order valence-corrected chi connectivity index (χ4v) is 7.27. The van der Waals surface area contributed by atoms with Crippen molar-refractivity contribution in [3.63, 3.8) is 0 Å². The molecule has 2 aliphatic carbocycles.